The van der Waals surface area contributed by atoms with Gasteiger partial charge in [-0.25, -0.2) is 13.9 Å². The van der Waals surface area contributed by atoms with Crippen molar-refractivity contribution in [2.75, 3.05) is 0 Å². The summed E-state index contributed by atoms with van der Waals surface area (Å²) < 4.78 is 14.7. The number of aromatic nitrogens is 4. The zero-order chi connectivity index (χ0) is 18.5. The molecule has 0 radical (unpaired) electrons. The third-order valence-electron chi connectivity index (χ3n) is 4.91. The lowest BCUT2D eigenvalue weighted by molar-refractivity contribution is 0.0896. The Morgan fingerprint density at radius 3 is 2.65 bits per heavy atom. The number of imidazole rings is 1. The second-order valence-electron chi connectivity index (χ2n) is 7.40. The fraction of sp³-hybridized carbons (Fsp3) is 0.368. The van der Waals surface area contributed by atoms with Crippen LogP contribution in [0.15, 0.2) is 30.6 Å². The van der Waals surface area contributed by atoms with Gasteiger partial charge < -0.3 is 5.32 Å². The first-order valence-electron chi connectivity index (χ1n) is 8.65. The summed E-state index contributed by atoms with van der Waals surface area (Å²) in [6.07, 6.45) is 4.96. The molecule has 26 heavy (non-hydrogen) atoms. The maximum atomic E-state index is 13.1. The van der Waals surface area contributed by atoms with E-state index in [0.717, 1.165) is 24.6 Å². The van der Waals surface area contributed by atoms with E-state index in [1.165, 1.54) is 16.8 Å². The first kappa shape index (κ1) is 16.6. The number of amides is 1. The van der Waals surface area contributed by atoms with Crippen LogP contribution in [0.25, 0.3) is 17.0 Å². The van der Waals surface area contributed by atoms with Crippen LogP contribution in [-0.2, 0) is 0 Å². The molecule has 1 aliphatic rings. The Kier molecular flexibility index (Phi) is 3.75. The Balaban J connectivity index is 1.74. The van der Waals surface area contributed by atoms with Gasteiger partial charge in [-0.1, -0.05) is 0 Å². The molecular weight excluding hydrogens is 333 g/mol. The Morgan fingerprint density at radius 1 is 1.23 bits per heavy atom. The molecule has 1 amide bonds. The topological polar surface area (TPSA) is 72.2 Å². The Labute approximate surface area is 150 Å². The number of aryl methyl sites for hydroxylation is 1. The number of rotatable bonds is 4. The van der Waals surface area contributed by atoms with Crippen molar-refractivity contribution in [3.05, 3.63) is 47.7 Å². The van der Waals surface area contributed by atoms with E-state index in [9.17, 15) is 9.18 Å². The molecule has 1 saturated carbocycles. The summed E-state index contributed by atoms with van der Waals surface area (Å²) in [6.45, 7) is 5.98. The van der Waals surface area contributed by atoms with Crippen molar-refractivity contribution in [1.29, 1.82) is 0 Å². The summed E-state index contributed by atoms with van der Waals surface area (Å²) in [5, 5.41) is 7.61. The van der Waals surface area contributed by atoms with Crippen molar-refractivity contribution in [2.45, 2.75) is 39.2 Å². The van der Waals surface area contributed by atoms with Crippen molar-refractivity contribution in [3.8, 4) is 11.4 Å². The van der Waals surface area contributed by atoms with Crippen molar-refractivity contribution in [1.82, 2.24) is 24.9 Å². The molecule has 3 aromatic rings. The molecule has 0 aromatic carbocycles. The van der Waals surface area contributed by atoms with Crippen molar-refractivity contribution in [2.24, 2.45) is 5.92 Å². The number of nitrogens with one attached hydrogen (secondary N) is 1. The lowest BCUT2D eigenvalue weighted by Crippen LogP contribution is -2.45. The van der Waals surface area contributed by atoms with Gasteiger partial charge in [0.05, 0.1) is 18.1 Å². The van der Waals surface area contributed by atoms with Gasteiger partial charge in [0.25, 0.3) is 5.91 Å². The third kappa shape index (κ3) is 2.94. The van der Waals surface area contributed by atoms with E-state index in [-0.39, 0.29) is 11.4 Å². The van der Waals surface area contributed by atoms with Gasteiger partial charge in [-0.2, -0.15) is 5.10 Å². The highest BCUT2D eigenvalue weighted by atomic mass is 19.1. The maximum Gasteiger partial charge on any atom is 0.272 e. The quantitative estimate of drug-likeness (QED) is 0.782. The molecule has 1 fully saturated rings. The second kappa shape index (κ2) is 5.86. The summed E-state index contributed by atoms with van der Waals surface area (Å²) in [6, 6.07) is 4.73. The number of nitrogens with zero attached hydrogens (tertiary/aromatic N) is 4. The first-order chi connectivity index (χ1) is 12.3. The molecule has 0 bridgehead atoms. The Bertz CT molecular complexity index is 989. The molecule has 1 N–H and O–H groups in total. The van der Waals surface area contributed by atoms with E-state index in [1.807, 2.05) is 26.8 Å². The van der Waals surface area contributed by atoms with Crippen molar-refractivity contribution in [3.63, 3.8) is 0 Å². The van der Waals surface area contributed by atoms with Crippen LogP contribution in [0.4, 0.5) is 4.39 Å². The zero-order valence-electron chi connectivity index (χ0n) is 15.0. The molecule has 7 heteroatoms. The summed E-state index contributed by atoms with van der Waals surface area (Å²) in [4.78, 5) is 21.2. The highest BCUT2D eigenvalue weighted by molar-refractivity contribution is 5.93. The molecule has 0 atom stereocenters. The molecule has 134 valence electrons. The average molecular weight is 353 g/mol. The number of hydrogen-bond acceptors (Lipinski definition) is 4. The molecule has 4 rings (SSSR count). The number of fused-ring (bicyclic) bond motifs is 1. The normalized spacial score (nSPS) is 14.6. The van der Waals surface area contributed by atoms with Crippen LogP contribution in [0.5, 0.6) is 0 Å². The molecule has 0 saturated heterocycles. The number of pyridine rings is 1. The highest BCUT2D eigenvalue weighted by Gasteiger charge is 2.39. The number of hydrogen-bond donors (Lipinski definition) is 1. The van der Waals surface area contributed by atoms with Gasteiger partial charge in [0.1, 0.15) is 11.5 Å². The molecule has 3 aromatic heterocycles. The third-order valence-corrected chi connectivity index (χ3v) is 4.91. The number of carbonyl (C=O) groups is 1. The van der Waals surface area contributed by atoms with Crippen LogP contribution in [0, 0.1) is 18.7 Å². The van der Waals surface area contributed by atoms with Gasteiger partial charge in [0, 0.05) is 5.54 Å². The lowest BCUT2D eigenvalue weighted by atomic mass is 9.98. The Morgan fingerprint density at radius 2 is 2.00 bits per heavy atom. The summed E-state index contributed by atoms with van der Waals surface area (Å²) in [5.74, 6) is -0.0959. The predicted molar refractivity (Wildman–Crippen MR) is 95.2 cm³/mol. The van der Waals surface area contributed by atoms with Gasteiger partial charge in [0.15, 0.2) is 11.3 Å². The van der Waals surface area contributed by atoms with Crippen molar-refractivity contribution >= 4 is 11.6 Å². The summed E-state index contributed by atoms with van der Waals surface area (Å²) in [5.41, 5.74) is 2.69. The van der Waals surface area contributed by atoms with Gasteiger partial charge >= 0.3 is 0 Å². The van der Waals surface area contributed by atoms with E-state index in [1.54, 1.807) is 6.07 Å². The summed E-state index contributed by atoms with van der Waals surface area (Å²) in [7, 11) is 0. The predicted octanol–water partition coefficient (Wildman–Crippen LogP) is 3.16. The van der Waals surface area contributed by atoms with Gasteiger partial charge in [-0.3, -0.25) is 9.78 Å². The minimum absolute atomic E-state index is 0.203. The van der Waals surface area contributed by atoms with Crippen molar-refractivity contribution < 1.29 is 9.18 Å². The summed E-state index contributed by atoms with van der Waals surface area (Å²) >= 11 is 0. The maximum absolute atomic E-state index is 13.1. The Hall–Kier alpha value is -2.83. The second-order valence-corrected chi connectivity index (χ2v) is 7.40. The molecule has 3 heterocycles. The molecule has 0 unspecified atom stereocenters. The smallest absolute Gasteiger partial charge is 0.272 e. The van der Waals surface area contributed by atoms with Crippen LogP contribution in [0.2, 0.25) is 0 Å². The van der Waals surface area contributed by atoms with Crippen LogP contribution in [-0.4, -0.2) is 31.0 Å². The fourth-order valence-corrected chi connectivity index (χ4v) is 3.19. The molecule has 0 spiro atoms. The van der Waals surface area contributed by atoms with Crippen LogP contribution >= 0.6 is 0 Å². The highest BCUT2D eigenvalue weighted by Crippen LogP contribution is 2.39. The van der Waals surface area contributed by atoms with E-state index >= 15 is 0 Å². The first-order valence-corrected chi connectivity index (χ1v) is 8.65. The largest absolute Gasteiger partial charge is 0.345 e. The van der Waals surface area contributed by atoms with E-state index in [0.29, 0.717) is 28.6 Å². The van der Waals surface area contributed by atoms with Crippen LogP contribution in [0.1, 0.15) is 42.7 Å². The van der Waals surface area contributed by atoms with Crippen LogP contribution in [0.3, 0.4) is 0 Å². The molecule has 0 aliphatic heterocycles. The van der Waals surface area contributed by atoms with E-state index in [2.05, 4.69) is 20.4 Å². The fourth-order valence-electron chi connectivity index (χ4n) is 3.19. The lowest BCUT2D eigenvalue weighted by Gasteiger charge is -2.25. The van der Waals surface area contributed by atoms with Crippen LogP contribution < -0.4 is 5.32 Å². The monoisotopic (exact) mass is 353 g/mol. The number of halogens is 1. The minimum Gasteiger partial charge on any atom is -0.345 e. The molecular formula is C19H20FN5O. The standard InChI is InChI=1S/C19H20FN5O/c1-11-8-15(14-7-6-13(20)9-21-14)24-25-16(10-22-17(11)25)18(26)23-19(2,3)12-4-5-12/h6-10,12H,4-5H2,1-3H3,(H,23,26). The average Bonchev–Trinajstić information content (AvgIpc) is 3.36. The molecule has 6 nitrogen and oxygen atoms in total. The van der Waals surface area contributed by atoms with Gasteiger partial charge in [-0.05, 0) is 63.3 Å². The zero-order valence-corrected chi connectivity index (χ0v) is 15.0. The van der Waals surface area contributed by atoms with Gasteiger partial charge in [-0.15, -0.1) is 0 Å². The minimum atomic E-state index is -0.406. The molecule has 1 aliphatic carbocycles. The SMILES string of the molecule is Cc1cc(-c2ccc(F)cn2)nn2c(C(=O)NC(C)(C)C3CC3)cnc12. The van der Waals surface area contributed by atoms with E-state index < -0.39 is 5.82 Å². The number of carbonyl (C=O) groups excluding carboxylic acids is 1. The van der Waals surface area contributed by atoms with Gasteiger partial charge in [0.2, 0.25) is 0 Å². The van der Waals surface area contributed by atoms with E-state index in [4.69, 9.17) is 0 Å².